The van der Waals surface area contributed by atoms with Crippen molar-refractivity contribution in [2.45, 2.75) is 32.3 Å². The summed E-state index contributed by atoms with van der Waals surface area (Å²) in [7, 11) is 1.62. The van der Waals surface area contributed by atoms with Crippen molar-refractivity contribution in [3.05, 3.63) is 58.7 Å². The third-order valence-electron chi connectivity index (χ3n) is 3.32. The first-order valence-electron chi connectivity index (χ1n) is 6.51. The van der Waals surface area contributed by atoms with E-state index in [0.717, 1.165) is 11.1 Å². The zero-order valence-electron chi connectivity index (χ0n) is 12.2. The Balaban J connectivity index is 2.19. The SMILES string of the molecule is Cc1ccc(C)c(COc2ccc(S(=O)(=O)Cl)cc2C)c1. The highest BCUT2D eigenvalue weighted by Crippen LogP contribution is 2.25. The van der Waals surface area contributed by atoms with E-state index in [1.54, 1.807) is 13.0 Å². The van der Waals surface area contributed by atoms with E-state index in [-0.39, 0.29) is 4.90 Å². The van der Waals surface area contributed by atoms with Gasteiger partial charge in [0.05, 0.1) is 4.90 Å². The van der Waals surface area contributed by atoms with E-state index < -0.39 is 9.05 Å². The fraction of sp³-hybridized carbons (Fsp3) is 0.250. The van der Waals surface area contributed by atoms with Crippen LogP contribution in [0.1, 0.15) is 22.3 Å². The average Bonchev–Trinajstić information content (AvgIpc) is 2.40. The van der Waals surface area contributed by atoms with Crippen LogP contribution in [0.5, 0.6) is 5.75 Å². The smallest absolute Gasteiger partial charge is 0.261 e. The van der Waals surface area contributed by atoms with E-state index in [1.807, 2.05) is 13.8 Å². The molecule has 0 heterocycles. The second-order valence-corrected chi connectivity index (χ2v) is 7.65. The lowest BCUT2D eigenvalue weighted by molar-refractivity contribution is 0.303. The summed E-state index contributed by atoms with van der Waals surface area (Å²) in [4.78, 5) is 0.0840. The fourth-order valence-corrected chi connectivity index (χ4v) is 2.88. The first-order chi connectivity index (χ1) is 9.77. The second-order valence-electron chi connectivity index (χ2n) is 5.08. The van der Waals surface area contributed by atoms with Crippen molar-refractivity contribution in [1.29, 1.82) is 0 Å². The van der Waals surface area contributed by atoms with Gasteiger partial charge in [-0.15, -0.1) is 0 Å². The van der Waals surface area contributed by atoms with Crippen LogP contribution in [0, 0.1) is 20.8 Å². The van der Waals surface area contributed by atoms with E-state index >= 15 is 0 Å². The molecule has 0 aromatic heterocycles. The van der Waals surface area contributed by atoms with Gasteiger partial charge in [0.15, 0.2) is 0 Å². The third kappa shape index (κ3) is 3.99. The summed E-state index contributed by atoms with van der Waals surface area (Å²) >= 11 is 0. The molecule has 112 valence electrons. The molecule has 0 spiro atoms. The van der Waals surface area contributed by atoms with E-state index in [1.165, 1.54) is 23.3 Å². The maximum atomic E-state index is 11.3. The second kappa shape index (κ2) is 6.08. The van der Waals surface area contributed by atoms with Crippen molar-refractivity contribution >= 4 is 19.7 Å². The first-order valence-corrected chi connectivity index (χ1v) is 8.82. The maximum absolute atomic E-state index is 11.3. The van der Waals surface area contributed by atoms with Crippen LogP contribution in [0.2, 0.25) is 0 Å². The molecule has 2 aromatic rings. The van der Waals surface area contributed by atoms with Gasteiger partial charge in [0.1, 0.15) is 12.4 Å². The lowest BCUT2D eigenvalue weighted by atomic mass is 10.1. The summed E-state index contributed by atoms with van der Waals surface area (Å²) < 4.78 is 28.4. The quantitative estimate of drug-likeness (QED) is 0.795. The van der Waals surface area contributed by atoms with Gasteiger partial charge in [-0.3, -0.25) is 0 Å². The normalized spacial score (nSPS) is 11.4. The van der Waals surface area contributed by atoms with Crippen molar-refractivity contribution in [1.82, 2.24) is 0 Å². The molecule has 0 atom stereocenters. The fourth-order valence-electron chi connectivity index (χ4n) is 2.05. The molecule has 0 radical (unpaired) electrons. The number of ether oxygens (including phenoxy) is 1. The summed E-state index contributed by atoms with van der Waals surface area (Å²) in [6.45, 7) is 6.31. The molecular formula is C16H17ClO3S. The molecule has 3 nitrogen and oxygen atoms in total. The summed E-state index contributed by atoms with van der Waals surface area (Å²) in [6, 6.07) is 10.8. The van der Waals surface area contributed by atoms with Crippen LogP contribution < -0.4 is 4.74 Å². The standard InChI is InChI=1S/C16H17ClO3S/c1-11-4-5-12(2)14(8-11)10-20-16-7-6-15(9-13(16)3)21(17,18)19/h4-9H,10H2,1-3H3. The molecule has 0 aliphatic rings. The number of rotatable bonds is 4. The van der Waals surface area contributed by atoms with E-state index in [0.29, 0.717) is 12.4 Å². The molecule has 0 aliphatic carbocycles. The zero-order chi connectivity index (χ0) is 15.6. The number of hydrogen-bond donors (Lipinski definition) is 0. The monoisotopic (exact) mass is 324 g/mol. The predicted molar refractivity (Wildman–Crippen MR) is 84.5 cm³/mol. The summed E-state index contributed by atoms with van der Waals surface area (Å²) in [6.07, 6.45) is 0. The maximum Gasteiger partial charge on any atom is 0.261 e. The lowest BCUT2D eigenvalue weighted by Gasteiger charge is -2.12. The molecule has 0 saturated carbocycles. The van der Waals surface area contributed by atoms with Crippen LogP contribution in [0.4, 0.5) is 0 Å². The first kappa shape index (κ1) is 15.9. The number of hydrogen-bond acceptors (Lipinski definition) is 3. The van der Waals surface area contributed by atoms with Crippen molar-refractivity contribution in [3.63, 3.8) is 0 Å². The minimum Gasteiger partial charge on any atom is -0.489 e. The molecule has 0 saturated heterocycles. The zero-order valence-corrected chi connectivity index (χ0v) is 13.8. The topological polar surface area (TPSA) is 43.4 Å². The molecule has 2 rings (SSSR count). The summed E-state index contributed by atoms with van der Waals surface area (Å²) in [5, 5.41) is 0. The van der Waals surface area contributed by atoms with Gasteiger partial charge in [-0.1, -0.05) is 23.8 Å². The Morgan fingerprint density at radius 1 is 1.00 bits per heavy atom. The Hall–Kier alpha value is -1.52. The molecule has 0 fully saturated rings. The molecule has 2 aromatic carbocycles. The van der Waals surface area contributed by atoms with Gasteiger partial charge < -0.3 is 4.74 Å². The Morgan fingerprint density at radius 3 is 2.33 bits per heavy atom. The van der Waals surface area contributed by atoms with E-state index in [4.69, 9.17) is 15.4 Å². The van der Waals surface area contributed by atoms with Gasteiger partial charge in [-0.25, -0.2) is 8.42 Å². The summed E-state index contributed by atoms with van der Waals surface area (Å²) in [5.41, 5.74) is 4.20. The van der Waals surface area contributed by atoms with E-state index in [2.05, 4.69) is 18.2 Å². The Morgan fingerprint density at radius 2 is 1.71 bits per heavy atom. The third-order valence-corrected chi connectivity index (χ3v) is 4.67. The van der Waals surface area contributed by atoms with Crippen molar-refractivity contribution in [2.24, 2.45) is 0 Å². The molecule has 5 heteroatoms. The van der Waals surface area contributed by atoms with Crippen LogP contribution in [0.15, 0.2) is 41.3 Å². The van der Waals surface area contributed by atoms with Gasteiger partial charge >= 0.3 is 0 Å². The highest BCUT2D eigenvalue weighted by Gasteiger charge is 2.12. The number of benzene rings is 2. The predicted octanol–water partition coefficient (Wildman–Crippen LogP) is 4.12. The van der Waals surface area contributed by atoms with Gasteiger partial charge in [-0.2, -0.15) is 0 Å². The summed E-state index contributed by atoms with van der Waals surface area (Å²) in [5.74, 6) is 0.653. The van der Waals surface area contributed by atoms with Gasteiger partial charge in [-0.05, 0) is 55.7 Å². The highest BCUT2D eigenvalue weighted by molar-refractivity contribution is 8.13. The lowest BCUT2D eigenvalue weighted by Crippen LogP contribution is -2.00. The molecule has 0 N–H and O–H groups in total. The number of aryl methyl sites for hydroxylation is 3. The van der Waals surface area contributed by atoms with Gasteiger partial charge in [0, 0.05) is 10.7 Å². The van der Waals surface area contributed by atoms with Crippen LogP contribution in [-0.4, -0.2) is 8.42 Å². The Kier molecular flexibility index (Phi) is 4.59. The minimum atomic E-state index is -3.70. The van der Waals surface area contributed by atoms with Crippen LogP contribution >= 0.6 is 10.7 Å². The van der Waals surface area contributed by atoms with Crippen molar-refractivity contribution in [2.75, 3.05) is 0 Å². The van der Waals surface area contributed by atoms with Crippen LogP contribution in [0.3, 0.4) is 0 Å². The van der Waals surface area contributed by atoms with Crippen molar-refractivity contribution < 1.29 is 13.2 Å². The van der Waals surface area contributed by atoms with Crippen molar-refractivity contribution in [3.8, 4) is 5.75 Å². The largest absolute Gasteiger partial charge is 0.489 e. The molecule has 0 aliphatic heterocycles. The molecule has 21 heavy (non-hydrogen) atoms. The Bertz CT molecular complexity index is 767. The molecule has 0 bridgehead atoms. The van der Waals surface area contributed by atoms with Crippen LogP contribution in [-0.2, 0) is 15.7 Å². The van der Waals surface area contributed by atoms with Gasteiger partial charge in [0.2, 0.25) is 0 Å². The minimum absolute atomic E-state index is 0.0840. The molecule has 0 unspecified atom stereocenters. The van der Waals surface area contributed by atoms with E-state index in [9.17, 15) is 8.42 Å². The highest BCUT2D eigenvalue weighted by atomic mass is 35.7. The molecular weight excluding hydrogens is 308 g/mol. The van der Waals surface area contributed by atoms with Gasteiger partial charge in [0.25, 0.3) is 9.05 Å². The Labute approximate surface area is 129 Å². The average molecular weight is 325 g/mol. The number of halogens is 1. The molecule has 0 amide bonds. The van der Waals surface area contributed by atoms with Crippen LogP contribution in [0.25, 0.3) is 0 Å².